The van der Waals surface area contributed by atoms with Crippen LogP contribution in [0.2, 0.25) is 0 Å². The number of rotatable bonds is 5. The maximum Gasteiger partial charge on any atom is 0.317 e. The molecule has 5 heteroatoms. The van der Waals surface area contributed by atoms with E-state index < -0.39 is 0 Å². The Balaban J connectivity index is 2.17. The van der Waals surface area contributed by atoms with Gasteiger partial charge in [-0.05, 0) is 12.3 Å². The van der Waals surface area contributed by atoms with Crippen LogP contribution in [0.3, 0.4) is 0 Å². The summed E-state index contributed by atoms with van der Waals surface area (Å²) in [7, 11) is 0. The van der Waals surface area contributed by atoms with Gasteiger partial charge in [-0.1, -0.05) is 13.0 Å². The summed E-state index contributed by atoms with van der Waals surface area (Å²) in [6.45, 7) is 7.52. The molecule has 1 aliphatic rings. The molecule has 2 N–H and O–H groups in total. The van der Waals surface area contributed by atoms with Gasteiger partial charge < -0.3 is 15.3 Å². The zero-order valence-electron chi connectivity index (χ0n) is 10.4. The molecule has 1 aliphatic heterocycles. The SMILES string of the molecule is C=CCSCCNC(=O)N1CCC(C)C(O)C1. The highest BCUT2D eigenvalue weighted by Crippen LogP contribution is 2.16. The Labute approximate surface area is 107 Å². The van der Waals surface area contributed by atoms with Gasteiger partial charge in [0.05, 0.1) is 6.10 Å². The topological polar surface area (TPSA) is 52.6 Å². The van der Waals surface area contributed by atoms with Crippen molar-refractivity contribution in [2.45, 2.75) is 19.4 Å². The molecule has 1 fully saturated rings. The zero-order valence-corrected chi connectivity index (χ0v) is 11.2. The quantitative estimate of drug-likeness (QED) is 0.577. The summed E-state index contributed by atoms with van der Waals surface area (Å²) in [6.07, 6.45) is 2.35. The molecule has 1 saturated heterocycles. The van der Waals surface area contributed by atoms with Crippen LogP contribution >= 0.6 is 11.8 Å². The molecule has 0 aliphatic carbocycles. The maximum atomic E-state index is 11.8. The van der Waals surface area contributed by atoms with E-state index in [-0.39, 0.29) is 12.1 Å². The van der Waals surface area contributed by atoms with Crippen LogP contribution in [-0.2, 0) is 0 Å². The van der Waals surface area contributed by atoms with Gasteiger partial charge in [-0.15, -0.1) is 6.58 Å². The minimum Gasteiger partial charge on any atom is -0.391 e. The van der Waals surface area contributed by atoms with Gasteiger partial charge in [-0.25, -0.2) is 4.79 Å². The minimum absolute atomic E-state index is 0.0600. The van der Waals surface area contributed by atoms with Gasteiger partial charge in [-0.3, -0.25) is 0 Å². The van der Waals surface area contributed by atoms with Gasteiger partial charge in [0.25, 0.3) is 0 Å². The van der Waals surface area contributed by atoms with Gasteiger partial charge in [-0.2, -0.15) is 11.8 Å². The highest BCUT2D eigenvalue weighted by molar-refractivity contribution is 7.99. The fourth-order valence-electron chi connectivity index (χ4n) is 1.74. The first-order valence-corrected chi connectivity index (χ1v) is 7.20. The van der Waals surface area contributed by atoms with Crippen LogP contribution in [-0.4, -0.2) is 53.3 Å². The summed E-state index contributed by atoms with van der Waals surface area (Å²) in [5, 5.41) is 12.6. The van der Waals surface area contributed by atoms with Crippen molar-refractivity contribution in [1.29, 1.82) is 0 Å². The summed E-state index contributed by atoms with van der Waals surface area (Å²) in [4.78, 5) is 13.5. The van der Waals surface area contributed by atoms with Gasteiger partial charge in [0.2, 0.25) is 0 Å². The Kier molecular flexibility index (Phi) is 6.44. The Morgan fingerprint density at radius 1 is 1.71 bits per heavy atom. The van der Waals surface area contributed by atoms with E-state index in [1.807, 2.05) is 13.0 Å². The Bertz CT molecular complexity index is 261. The summed E-state index contributed by atoms with van der Waals surface area (Å²) in [5.41, 5.74) is 0. The van der Waals surface area contributed by atoms with E-state index in [0.717, 1.165) is 24.5 Å². The molecular weight excluding hydrogens is 236 g/mol. The fraction of sp³-hybridized carbons (Fsp3) is 0.750. The van der Waals surface area contributed by atoms with E-state index in [1.165, 1.54) is 0 Å². The lowest BCUT2D eigenvalue weighted by Crippen LogP contribution is -2.50. The van der Waals surface area contributed by atoms with Crippen LogP contribution in [0.15, 0.2) is 12.7 Å². The summed E-state index contributed by atoms with van der Waals surface area (Å²) in [6, 6.07) is -0.0600. The van der Waals surface area contributed by atoms with Crippen molar-refractivity contribution in [2.75, 3.05) is 31.1 Å². The van der Waals surface area contributed by atoms with Gasteiger partial charge in [0.1, 0.15) is 0 Å². The predicted octanol–water partition coefficient (Wildman–Crippen LogP) is 1.32. The van der Waals surface area contributed by atoms with E-state index in [0.29, 0.717) is 19.0 Å². The number of aliphatic hydroxyl groups excluding tert-OH is 1. The van der Waals surface area contributed by atoms with E-state index >= 15 is 0 Å². The van der Waals surface area contributed by atoms with Crippen LogP contribution in [0.5, 0.6) is 0 Å². The van der Waals surface area contributed by atoms with Crippen molar-refractivity contribution in [3.8, 4) is 0 Å². The maximum absolute atomic E-state index is 11.8. The first-order chi connectivity index (χ1) is 8.15. The lowest BCUT2D eigenvalue weighted by atomic mass is 9.96. The first kappa shape index (κ1) is 14.4. The number of aliphatic hydroxyl groups is 1. The third-order valence-corrected chi connectivity index (χ3v) is 3.93. The van der Waals surface area contributed by atoms with Gasteiger partial charge in [0.15, 0.2) is 0 Å². The summed E-state index contributed by atoms with van der Waals surface area (Å²) < 4.78 is 0. The number of nitrogens with zero attached hydrogens (tertiary/aromatic N) is 1. The third-order valence-electron chi connectivity index (χ3n) is 2.96. The van der Waals surface area contributed by atoms with Crippen molar-refractivity contribution < 1.29 is 9.90 Å². The molecule has 2 atom stereocenters. The Hall–Kier alpha value is -0.680. The molecule has 1 rings (SSSR count). The average Bonchev–Trinajstić information content (AvgIpc) is 2.32. The monoisotopic (exact) mass is 258 g/mol. The number of carbonyl (C=O) groups is 1. The summed E-state index contributed by atoms with van der Waals surface area (Å²) >= 11 is 1.74. The van der Waals surface area contributed by atoms with Crippen molar-refractivity contribution in [3.63, 3.8) is 0 Å². The highest BCUT2D eigenvalue weighted by Gasteiger charge is 2.26. The molecule has 0 radical (unpaired) electrons. The molecular formula is C12H22N2O2S. The lowest BCUT2D eigenvalue weighted by Gasteiger charge is -2.34. The smallest absolute Gasteiger partial charge is 0.317 e. The molecule has 0 aromatic carbocycles. The number of amides is 2. The van der Waals surface area contributed by atoms with Crippen LogP contribution in [0.1, 0.15) is 13.3 Å². The molecule has 0 spiro atoms. The lowest BCUT2D eigenvalue weighted by molar-refractivity contribution is 0.0437. The van der Waals surface area contributed by atoms with E-state index in [9.17, 15) is 9.90 Å². The van der Waals surface area contributed by atoms with Crippen molar-refractivity contribution in [2.24, 2.45) is 5.92 Å². The molecule has 17 heavy (non-hydrogen) atoms. The second kappa shape index (κ2) is 7.61. The van der Waals surface area contributed by atoms with E-state index in [1.54, 1.807) is 16.7 Å². The van der Waals surface area contributed by atoms with Crippen LogP contribution in [0.25, 0.3) is 0 Å². The molecule has 0 bridgehead atoms. The predicted molar refractivity (Wildman–Crippen MR) is 72.3 cm³/mol. The molecule has 2 amide bonds. The van der Waals surface area contributed by atoms with E-state index in [4.69, 9.17) is 0 Å². The number of urea groups is 1. The average molecular weight is 258 g/mol. The van der Waals surface area contributed by atoms with Crippen molar-refractivity contribution >= 4 is 17.8 Å². The molecule has 1 heterocycles. The number of β-amino-alcohol motifs (C(OH)–C–C–N with tert-alkyl or cyclic N) is 1. The second-order valence-electron chi connectivity index (χ2n) is 4.37. The fourth-order valence-corrected chi connectivity index (χ4v) is 2.32. The molecule has 4 nitrogen and oxygen atoms in total. The number of likely N-dealkylation sites (tertiary alicyclic amines) is 1. The molecule has 0 saturated carbocycles. The zero-order chi connectivity index (χ0) is 12.7. The van der Waals surface area contributed by atoms with Gasteiger partial charge in [0, 0.05) is 31.1 Å². The standard InChI is InChI=1S/C12H22N2O2S/c1-3-7-17-8-5-13-12(16)14-6-4-10(2)11(15)9-14/h3,10-11,15H,1,4-9H2,2H3,(H,13,16). The molecule has 98 valence electrons. The van der Waals surface area contributed by atoms with E-state index in [2.05, 4.69) is 11.9 Å². The molecule has 0 aromatic heterocycles. The third kappa shape index (κ3) is 5.00. The minimum atomic E-state index is -0.385. The first-order valence-electron chi connectivity index (χ1n) is 6.04. The number of nitrogens with one attached hydrogen (secondary N) is 1. The van der Waals surface area contributed by atoms with Crippen LogP contribution in [0.4, 0.5) is 4.79 Å². The second-order valence-corrected chi connectivity index (χ2v) is 5.52. The van der Waals surface area contributed by atoms with Crippen LogP contribution < -0.4 is 5.32 Å². The Morgan fingerprint density at radius 3 is 3.12 bits per heavy atom. The molecule has 2 unspecified atom stereocenters. The Morgan fingerprint density at radius 2 is 2.47 bits per heavy atom. The number of thioether (sulfide) groups is 1. The number of carbonyl (C=O) groups excluding carboxylic acids is 1. The van der Waals surface area contributed by atoms with Crippen LogP contribution in [0, 0.1) is 5.92 Å². The van der Waals surface area contributed by atoms with Gasteiger partial charge >= 0.3 is 6.03 Å². The number of hydrogen-bond donors (Lipinski definition) is 2. The molecule has 0 aromatic rings. The normalized spacial score (nSPS) is 24.5. The number of piperidine rings is 1. The van der Waals surface area contributed by atoms with Crippen molar-refractivity contribution in [1.82, 2.24) is 10.2 Å². The largest absolute Gasteiger partial charge is 0.391 e. The number of hydrogen-bond acceptors (Lipinski definition) is 3. The summed E-state index contributed by atoms with van der Waals surface area (Å²) in [5.74, 6) is 2.10. The van der Waals surface area contributed by atoms with Crippen molar-refractivity contribution in [3.05, 3.63) is 12.7 Å². The highest BCUT2D eigenvalue weighted by atomic mass is 32.2.